The van der Waals surface area contributed by atoms with E-state index in [1.807, 2.05) is 0 Å². The molecule has 0 atom stereocenters. The van der Waals surface area contributed by atoms with Gasteiger partial charge in [0, 0.05) is 6.54 Å². The van der Waals surface area contributed by atoms with Gasteiger partial charge in [-0.25, -0.2) is 9.37 Å². The predicted octanol–water partition coefficient (Wildman–Crippen LogP) is 4.78. The van der Waals surface area contributed by atoms with Crippen LogP contribution in [-0.2, 0) is 6.42 Å². The maximum Gasteiger partial charge on any atom is 0.274 e. The monoisotopic (exact) mass is 369 g/mol. The first kappa shape index (κ1) is 17.9. The van der Waals surface area contributed by atoms with Crippen molar-refractivity contribution < 1.29 is 9.18 Å². The van der Waals surface area contributed by atoms with E-state index in [1.54, 1.807) is 54.7 Å². The van der Waals surface area contributed by atoms with E-state index < -0.39 is 0 Å². The SMILES string of the molecule is O=C(Nc1ccccc1Cl)c1ccc(NCCc2ccc(F)cc2)cn1. The summed E-state index contributed by atoms with van der Waals surface area (Å²) in [6, 6.07) is 16.9. The molecule has 0 saturated carbocycles. The molecule has 1 heterocycles. The molecule has 0 saturated heterocycles. The van der Waals surface area contributed by atoms with Gasteiger partial charge in [-0.15, -0.1) is 0 Å². The zero-order valence-corrected chi connectivity index (χ0v) is 14.6. The molecular weight excluding hydrogens is 353 g/mol. The van der Waals surface area contributed by atoms with Crippen molar-refractivity contribution >= 4 is 28.9 Å². The van der Waals surface area contributed by atoms with Gasteiger partial charge in [0.05, 0.1) is 22.6 Å². The summed E-state index contributed by atoms with van der Waals surface area (Å²) in [7, 11) is 0. The number of pyridine rings is 1. The second-order valence-corrected chi connectivity index (χ2v) is 6.08. The molecule has 6 heteroatoms. The molecular formula is C20H17ClFN3O. The molecule has 1 amide bonds. The Hall–Kier alpha value is -2.92. The molecule has 0 aliphatic carbocycles. The van der Waals surface area contributed by atoms with Crippen LogP contribution in [0.1, 0.15) is 16.1 Å². The zero-order valence-electron chi connectivity index (χ0n) is 13.9. The number of hydrogen-bond donors (Lipinski definition) is 2. The molecule has 0 bridgehead atoms. The normalized spacial score (nSPS) is 10.4. The Morgan fingerprint density at radius 2 is 1.81 bits per heavy atom. The van der Waals surface area contributed by atoms with Crippen LogP contribution in [0.4, 0.5) is 15.8 Å². The Bertz CT molecular complexity index is 882. The molecule has 1 aromatic heterocycles. The van der Waals surface area contributed by atoms with Gasteiger partial charge in [-0.3, -0.25) is 4.79 Å². The van der Waals surface area contributed by atoms with Crippen molar-refractivity contribution in [2.24, 2.45) is 0 Å². The highest BCUT2D eigenvalue weighted by Crippen LogP contribution is 2.21. The van der Waals surface area contributed by atoms with Gasteiger partial charge in [0.2, 0.25) is 0 Å². The summed E-state index contributed by atoms with van der Waals surface area (Å²) in [5, 5.41) is 6.43. The molecule has 3 rings (SSSR count). The molecule has 2 N–H and O–H groups in total. The molecule has 0 aliphatic rings. The Morgan fingerprint density at radius 1 is 1.04 bits per heavy atom. The molecule has 3 aromatic rings. The Morgan fingerprint density at radius 3 is 2.50 bits per heavy atom. The van der Waals surface area contributed by atoms with Crippen LogP contribution in [0.5, 0.6) is 0 Å². The average Bonchev–Trinajstić information content (AvgIpc) is 2.66. The Balaban J connectivity index is 1.53. The second-order valence-electron chi connectivity index (χ2n) is 5.67. The number of para-hydroxylation sites is 1. The highest BCUT2D eigenvalue weighted by molar-refractivity contribution is 6.33. The molecule has 0 fully saturated rings. The van der Waals surface area contributed by atoms with Gasteiger partial charge >= 0.3 is 0 Å². The molecule has 0 radical (unpaired) electrons. The van der Waals surface area contributed by atoms with E-state index >= 15 is 0 Å². The summed E-state index contributed by atoms with van der Waals surface area (Å²) in [6.07, 6.45) is 2.36. The van der Waals surface area contributed by atoms with E-state index in [9.17, 15) is 9.18 Å². The average molecular weight is 370 g/mol. The van der Waals surface area contributed by atoms with Gasteiger partial charge in [0.15, 0.2) is 0 Å². The first-order valence-corrected chi connectivity index (χ1v) is 8.50. The van der Waals surface area contributed by atoms with E-state index in [0.29, 0.717) is 22.9 Å². The van der Waals surface area contributed by atoms with Gasteiger partial charge in [-0.2, -0.15) is 0 Å². The van der Waals surface area contributed by atoms with Crippen molar-refractivity contribution in [3.8, 4) is 0 Å². The first-order chi connectivity index (χ1) is 12.6. The smallest absolute Gasteiger partial charge is 0.274 e. The number of nitrogens with one attached hydrogen (secondary N) is 2. The lowest BCUT2D eigenvalue weighted by Gasteiger charge is -2.08. The van der Waals surface area contributed by atoms with E-state index in [4.69, 9.17) is 11.6 Å². The number of amides is 1. The quantitative estimate of drug-likeness (QED) is 0.657. The number of rotatable bonds is 6. The molecule has 0 aliphatic heterocycles. The van der Waals surface area contributed by atoms with Crippen molar-refractivity contribution in [2.75, 3.05) is 17.2 Å². The van der Waals surface area contributed by atoms with Crippen molar-refractivity contribution in [1.29, 1.82) is 0 Å². The minimum absolute atomic E-state index is 0.239. The van der Waals surface area contributed by atoms with Gasteiger partial charge in [-0.05, 0) is 48.4 Å². The summed E-state index contributed by atoms with van der Waals surface area (Å²) < 4.78 is 12.9. The number of hydrogen-bond acceptors (Lipinski definition) is 3. The fourth-order valence-electron chi connectivity index (χ4n) is 2.38. The molecule has 4 nitrogen and oxygen atoms in total. The summed E-state index contributed by atoms with van der Waals surface area (Å²) in [4.78, 5) is 16.4. The van der Waals surface area contributed by atoms with Crippen LogP contribution in [0.25, 0.3) is 0 Å². The summed E-state index contributed by atoms with van der Waals surface area (Å²) >= 11 is 6.03. The molecule has 0 unspecified atom stereocenters. The van der Waals surface area contributed by atoms with Crippen molar-refractivity contribution in [2.45, 2.75) is 6.42 Å². The highest BCUT2D eigenvalue weighted by atomic mass is 35.5. The third kappa shape index (κ3) is 4.80. The summed E-state index contributed by atoms with van der Waals surface area (Å²) in [6.45, 7) is 0.679. The number of anilines is 2. The number of halogens is 2. The lowest BCUT2D eigenvalue weighted by atomic mass is 10.1. The highest BCUT2D eigenvalue weighted by Gasteiger charge is 2.09. The minimum Gasteiger partial charge on any atom is -0.383 e. The van der Waals surface area contributed by atoms with Crippen LogP contribution in [0.2, 0.25) is 5.02 Å². The number of carbonyl (C=O) groups excluding carboxylic acids is 1. The van der Waals surface area contributed by atoms with E-state index in [1.165, 1.54) is 12.1 Å². The van der Waals surface area contributed by atoms with Crippen molar-refractivity contribution in [3.63, 3.8) is 0 Å². The van der Waals surface area contributed by atoms with Gasteiger partial charge in [-0.1, -0.05) is 35.9 Å². The molecule has 0 spiro atoms. The lowest BCUT2D eigenvalue weighted by molar-refractivity contribution is 0.102. The van der Waals surface area contributed by atoms with Gasteiger partial charge in [0.25, 0.3) is 5.91 Å². The van der Waals surface area contributed by atoms with Crippen LogP contribution in [0, 0.1) is 5.82 Å². The third-order valence-electron chi connectivity index (χ3n) is 3.77. The number of nitrogens with zero attached hydrogens (tertiary/aromatic N) is 1. The number of aromatic nitrogens is 1. The van der Waals surface area contributed by atoms with Gasteiger partial charge < -0.3 is 10.6 Å². The maximum absolute atomic E-state index is 12.9. The lowest BCUT2D eigenvalue weighted by Crippen LogP contribution is -2.14. The van der Waals surface area contributed by atoms with E-state index in [0.717, 1.165) is 17.7 Å². The van der Waals surface area contributed by atoms with Crippen LogP contribution in [0.3, 0.4) is 0 Å². The standard InChI is InChI=1S/C20H17ClFN3O/c21-17-3-1-2-4-18(17)25-20(26)19-10-9-16(13-24-19)23-12-11-14-5-7-15(22)8-6-14/h1-10,13,23H,11-12H2,(H,25,26). The third-order valence-corrected chi connectivity index (χ3v) is 4.10. The largest absolute Gasteiger partial charge is 0.383 e. The zero-order chi connectivity index (χ0) is 18.4. The van der Waals surface area contributed by atoms with Gasteiger partial charge in [0.1, 0.15) is 11.5 Å². The topological polar surface area (TPSA) is 54.0 Å². The maximum atomic E-state index is 12.9. The summed E-state index contributed by atoms with van der Waals surface area (Å²) in [5.41, 5.74) is 2.69. The minimum atomic E-state index is -0.323. The van der Waals surface area contributed by atoms with E-state index in [-0.39, 0.29) is 11.7 Å². The van der Waals surface area contributed by atoms with Crippen molar-refractivity contribution in [1.82, 2.24) is 4.98 Å². The Labute approximate surface area is 156 Å². The van der Waals surface area contributed by atoms with Crippen LogP contribution < -0.4 is 10.6 Å². The van der Waals surface area contributed by atoms with E-state index in [2.05, 4.69) is 15.6 Å². The Kier molecular flexibility index (Phi) is 5.81. The fourth-order valence-corrected chi connectivity index (χ4v) is 2.57. The first-order valence-electron chi connectivity index (χ1n) is 8.12. The predicted molar refractivity (Wildman–Crippen MR) is 102 cm³/mol. The molecule has 132 valence electrons. The molecule has 26 heavy (non-hydrogen) atoms. The van der Waals surface area contributed by atoms with Crippen LogP contribution in [-0.4, -0.2) is 17.4 Å². The fraction of sp³-hybridized carbons (Fsp3) is 0.100. The van der Waals surface area contributed by atoms with Crippen LogP contribution >= 0.6 is 11.6 Å². The van der Waals surface area contributed by atoms with Crippen LogP contribution in [0.15, 0.2) is 66.9 Å². The van der Waals surface area contributed by atoms with Crippen molar-refractivity contribution in [3.05, 3.63) is 89.0 Å². The number of benzene rings is 2. The molecule has 2 aromatic carbocycles. The second kappa shape index (κ2) is 8.45. The number of carbonyl (C=O) groups is 1. The summed E-state index contributed by atoms with van der Waals surface area (Å²) in [5.74, 6) is -0.562.